The standard InChI is InChI=1S/C22H19ClN2O4/c1-27-17-9-7-15(8-10-17)19-13-20(21-6-3-11-28-21)25(24-19)22(26)14-29-18-5-2-4-16(23)12-18/h2-12,20H,13-14H2,1H3. The van der Waals surface area contributed by atoms with Gasteiger partial charge in [0, 0.05) is 11.4 Å². The zero-order valence-corrected chi connectivity index (χ0v) is 16.5. The highest BCUT2D eigenvalue weighted by molar-refractivity contribution is 6.30. The van der Waals surface area contributed by atoms with Gasteiger partial charge in [0.05, 0.1) is 19.1 Å². The molecule has 3 aromatic rings. The van der Waals surface area contributed by atoms with Crippen LogP contribution < -0.4 is 9.47 Å². The van der Waals surface area contributed by atoms with E-state index in [9.17, 15) is 4.79 Å². The first kappa shape index (κ1) is 19.1. The molecule has 29 heavy (non-hydrogen) atoms. The van der Waals surface area contributed by atoms with Crippen molar-refractivity contribution in [2.24, 2.45) is 5.10 Å². The Morgan fingerprint density at radius 2 is 2.00 bits per heavy atom. The molecular weight excluding hydrogens is 392 g/mol. The van der Waals surface area contributed by atoms with E-state index in [1.165, 1.54) is 5.01 Å². The molecule has 1 aromatic heterocycles. The van der Waals surface area contributed by atoms with Crippen molar-refractivity contribution < 1.29 is 18.7 Å². The molecule has 0 radical (unpaired) electrons. The summed E-state index contributed by atoms with van der Waals surface area (Å²) in [6.45, 7) is -0.156. The van der Waals surface area contributed by atoms with Gasteiger partial charge in [0.1, 0.15) is 23.3 Å². The zero-order valence-electron chi connectivity index (χ0n) is 15.7. The number of rotatable bonds is 6. The van der Waals surface area contributed by atoms with Crippen molar-refractivity contribution in [3.63, 3.8) is 0 Å². The minimum Gasteiger partial charge on any atom is -0.497 e. The number of hydrogen-bond acceptors (Lipinski definition) is 5. The molecule has 0 saturated heterocycles. The van der Waals surface area contributed by atoms with Crippen LogP contribution >= 0.6 is 11.6 Å². The summed E-state index contributed by atoms with van der Waals surface area (Å²) in [5, 5.41) is 6.55. The molecule has 2 heterocycles. The predicted octanol–water partition coefficient (Wildman–Crippen LogP) is 4.70. The minimum atomic E-state index is -0.322. The number of halogens is 1. The van der Waals surface area contributed by atoms with E-state index < -0.39 is 0 Å². The van der Waals surface area contributed by atoms with Crippen molar-refractivity contribution in [1.29, 1.82) is 0 Å². The summed E-state index contributed by atoms with van der Waals surface area (Å²) in [7, 11) is 1.62. The Labute approximate surface area is 173 Å². The van der Waals surface area contributed by atoms with Gasteiger partial charge in [0.25, 0.3) is 5.91 Å². The Hall–Kier alpha value is -3.25. The van der Waals surface area contributed by atoms with E-state index >= 15 is 0 Å². The number of hydrogen-bond donors (Lipinski definition) is 0. The number of amides is 1. The maximum absolute atomic E-state index is 12.9. The zero-order chi connectivity index (χ0) is 20.2. The molecule has 6 nitrogen and oxygen atoms in total. The van der Waals surface area contributed by atoms with Gasteiger partial charge in [-0.15, -0.1) is 0 Å². The number of furan rings is 1. The summed E-state index contributed by atoms with van der Waals surface area (Å²) in [6.07, 6.45) is 2.13. The van der Waals surface area contributed by atoms with Crippen LogP contribution in [0.3, 0.4) is 0 Å². The normalized spacial score (nSPS) is 15.9. The fourth-order valence-corrected chi connectivity index (χ4v) is 3.35. The summed E-state index contributed by atoms with van der Waals surface area (Å²) < 4.78 is 16.4. The lowest BCUT2D eigenvalue weighted by atomic mass is 10.0. The highest BCUT2D eigenvalue weighted by Crippen LogP contribution is 2.33. The van der Waals surface area contributed by atoms with Crippen LogP contribution in [-0.2, 0) is 4.79 Å². The second-order valence-corrected chi connectivity index (χ2v) is 6.93. The van der Waals surface area contributed by atoms with E-state index in [1.54, 1.807) is 43.7 Å². The Balaban J connectivity index is 1.54. The monoisotopic (exact) mass is 410 g/mol. The molecule has 0 fully saturated rings. The Bertz CT molecular complexity index is 1020. The van der Waals surface area contributed by atoms with E-state index in [2.05, 4.69) is 5.10 Å². The number of carbonyl (C=O) groups excluding carboxylic acids is 1. The Morgan fingerprint density at radius 3 is 2.69 bits per heavy atom. The van der Waals surface area contributed by atoms with Crippen LogP contribution in [0.4, 0.5) is 0 Å². The molecule has 1 atom stereocenters. The third kappa shape index (κ3) is 4.27. The fourth-order valence-electron chi connectivity index (χ4n) is 3.17. The first-order chi connectivity index (χ1) is 14.1. The van der Waals surface area contributed by atoms with Crippen LogP contribution in [0.1, 0.15) is 23.8 Å². The third-order valence-corrected chi connectivity index (χ3v) is 4.85. The van der Waals surface area contributed by atoms with Crippen LogP contribution in [0.5, 0.6) is 11.5 Å². The van der Waals surface area contributed by atoms with Crippen molar-refractivity contribution in [2.75, 3.05) is 13.7 Å². The summed E-state index contributed by atoms with van der Waals surface area (Å²) >= 11 is 5.97. The van der Waals surface area contributed by atoms with Gasteiger partial charge in [0.2, 0.25) is 0 Å². The molecular formula is C22H19ClN2O4. The maximum atomic E-state index is 12.9. The van der Waals surface area contributed by atoms with Gasteiger partial charge >= 0.3 is 0 Å². The number of hydrazone groups is 1. The summed E-state index contributed by atoms with van der Waals surface area (Å²) in [4.78, 5) is 12.9. The van der Waals surface area contributed by atoms with Gasteiger partial charge in [-0.2, -0.15) is 5.10 Å². The molecule has 2 aromatic carbocycles. The molecule has 1 amide bonds. The second-order valence-electron chi connectivity index (χ2n) is 6.49. The van der Waals surface area contributed by atoms with Crippen LogP contribution in [0.2, 0.25) is 5.02 Å². The van der Waals surface area contributed by atoms with Gasteiger partial charge < -0.3 is 13.9 Å². The molecule has 4 rings (SSSR count). The summed E-state index contributed by atoms with van der Waals surface area (Å²) in [5.74, 6) is 1.69. The summed E-state index contributed by atoms with van der Waals surface area (Å²) in [6, 6.07) is 17.8. The van der Waals surface area contributed by atoms with Crippen LogP contribution in [-0.4, -0.2) is 30.3 Å². The lowest BCUT2D eigenvalue weighted by Gasteiger charge is -2.20. The average molecular weight is 411 g/mol. The van der Waals surface area contributed by atoms with Gasteiger partial charge in [-0.05, 0) is 60.2 Å². The third-order valence-electron chi connectivity index (χ3n) is 4.62. The van der Waals surface area contributed by atoms with Gasteiger partial charge in [-0.3, -0.25) is 4.79 Å². The van der Waals surface area contributed by atoms with E-state index in [0.29, 0.717) is 23.0 Å². The number of nitrogens with zero attached hydrogens (tertiary/aromatic N) is 2. The van der Waals surface area contributed by atoms with Gasteiger partial charge in [-0.25, -0.2) is 5.01 Å². The van der Waals surface area contributed by atoms with Gasteiger partial charge in [-0.1, -0.05) is 17.7 Å². The van der Waals surface area contributed by atoms with E-state index in [0.717, 1.165) is 17.0 Å². The topological polar surface area (TPSA) is 64.3 Å². The number of methoxy groups -OCH3 is 1. The Morgan fingerprint density at radius 1 is 1.17 bits per heavy atom. The van der Waals surface area contributed by atoms with Crippen LogP contribution in [0, 0.1) is 0 Å². The summed E-state index contributed by atoms with van der Waals surface area (Å²) in [5.41, 5.74) is 1.72. The van der Waals surface area contributed by atoms with Crippen molar-refractivity contribution in [3.05, 3.63) is 83.3 Å². The highest BCUT2D eigenvalue weighted by atomic mass is 35.5. The van der Waals surface area contributed by atoms with Crippen molar-refractivity contribution in [2.45, 2.75) is 12.5 Å². The number of benzene rings is 2. The first-order valence-electron chi connectivity index (χ1n) is 9.10. The number of ether oxygens (including phenoxy) is 2. The van der Waals surface area contributed by atoms with Crippen molar-refractivity contribution in [3.8, 4) is 11.5 Å². The molecule has 1 unspecified atom stereocenters. The lowest BCUT2D eigenvalue weighted by molar-refractivity contribution is -0.135. The quantitative estimate of drug-likeness (QED) is 0.591. The molecule has 1 aliphatic rings. The second kappa shape index (κ2) is 8.41. The molecule has 0 N–H and O–H groups in total. The highest BCUT2D eigenvalue weighted by Gasteiger charge is 2.35. The van der Waals surface area contributed by atoms with Crippen molar-refractivity contribution >= 4 is 23.2 Å². The SMILES string of the molecule is COc1ccc(C2=NN(C(=O)COc3cccc(Cl)c3)C(c3ccco3)C2)cc1. The predicted molar refractivity (Wildman–Crippen MR) is 109 cm³/mol. The maximum Gasteiger partial charge on any atom is 0.281 e. The molecule has 7 heteroatoms. The van der Waals surface area contributed by atoms with Crippen LogP contribution in [0.25, 0.3) is 0 Å². The molecule has 0 saturated carbocycles. The van der Waals surface area contributed by atoms with E-state index in [4.69, 9.17) is 25.5 Å². The first-order valence-corrected chi connectivity index (χ1v) is 9.47. The molecule has 0 aliphatic carbocycles. The van der Waals surface area contributed by atoms with Crippen LogP contribution in [0.15, 0.2) is 76.4 Å². The van der Waals surface area contributed by atoms with E-state index in [1.807, 2.05) is 30.3 Å². The molecule has 0 spiro atoms. The largest absolute Gasteiger partial charge is 0.497 e. The van der Waals surface area contributed by atoms with Crippen molar-refractivity contribution in [1.82, 2.24) is 5.01 Å². The smallest absolute Gasteiger partial charge is 0.281 e. The van der Waals surface area contributed by atoms with E-state index in [-0.39, 0.29) is 18.6 Å². The minimum absolute atomic E-state index is 0.156. The lowest BCUT2D eigenvalue weighted by Crippen LogP contribution is -2.31. The number of carbonyl (C=O) groups is 1. The fraction of sp³-hybridized carbons (Fsp3) is 0.182. The molecule has 1 aliphatic heterocycles. The van der Waals surface area contributed by atoms with Gasteiger partial charge in [0.15, 0.2) is 6.61 Å². The molecule has 148 valence electrons. The molecule has 0 bridgehead atoms. The Kier molecular flexibility index (Phi) is 5.53. The average Bonchev–Trinajstić information content (AvgIpc) is 3.42.